The Labute approximate surface area is 223 Å². The average Bonchev–Trinajstić information content (AvgIpc) is 2.90. The topological polar surface area (TPSA) is 111 Å². The molecular formula is C27H27F3NO7P. The van der Waals surface area contributed by atoms with Gasteiger partial charge in [0, 0.05) is 0 Å². The highest BCUT2D eigenvalue weighted by atomic mass is 31.2. The maximum absolute atomic E-state index is 12.9. The van der Waals surface area contributed by atoms with E-state index >= 15 is 0 Å². The average molecular weight is 565 g/mol. The Kier molecular flexibility index (Phi) is 10.1. The van der Waals surface area contributed by atoms with Crippen molar-refractivity contribution < 1.29 is 46.2 Å². The van der Waals surface area contributed by atoms with E-state index in [1.807, 2.05) is 0 Å². The molecule has 12 heteroatoms. The number of alkyl carbamates (subject to hydrolysis) is 1. The molecule has 2 unspecified atom stereocenters. The molecule has 8 nitrogen and oxygen atoms in total. The summed E-state index contributed by atoms with van der Waals surface area (Å²) in [4.78, 5) is 35.5. The van der Waals surface area contributed by atoms with Gasteiger partial charge >= 0.3 is 25.8 Å². The van der Waals surface area contributed by atoms with E-state index in [4.69, 9.17) is 14.0 Å². The van der Waals surface area contributed by atoms with Crippen molar-refractivity contribution in [3.63, 3.8) is 0 Å². The number of ether oxygens (including phenoxy) is 2. The Morgan fingerprint density at radius 1 is 0.923 bits per heavy atom. The number of alkyl halides is 3. The molecule has 2 N–H and O–H groups in total. The molecule has 3 aromatic carbocycles. The van der Waals surface area contributed by atoms with Gasteiger partial charge in [-0.2, -0.15) is 13.2 Å². The molecular weight excluding hydrogens is 538 g/mol. The zero-order valence-corrected chi connectivity index (χ0v) is 21.8. The molecule has 0 spiro atoms. The molecule has 0 saturated carbocycles. The fraction of sp³-hybridized carbons (Fsp3) is 0.259. The Hall–Kier alpha value is -3.82. The lowest BCUT2D eigenvalue weighted by molar-refractivity contribution is -0.147. The van der Waals surface area contributed by atoms with Crippen LogP contribution in [0, 0.1) is 6.92 Å². The van der Waals surface area contributed by atoms with Gasteiger partial charge in [0.15, 0.2) is 0 Å². The number of esters is 1. The van der Waals surface area contributed by atoms with E-state index in [1.165, 1.54) is 6.92 Å². The first-order valence-corrected chi connectivity index (χ1v) is 13.6. The van der Waals surface area contributed by atoms with Gasteiger partial charge in [-0.15, -0.1) is 0 Å². The molecule has 0 bridgehead atoms. The summed E-state index contributed by atoms with van der Waals surface area (Å²) < 4.78 is 67.0. The van der Waals surface area contributed by atoms with Gasteiger partial charge in [0.2, 0.25) is 0 Å². The van der Waals surface area contributed by atoms with Crippen molar-refractivity contribution in [2.75, 3.05) is 6.16 Å². The first kappa shape index (κ1) is 29.7. The van der Waals surface area contributed by atoms with Crippen molar-refractivity contribution in [1.82, 2.24) is 5.32 Å². The lowest BCUT2D eigenvalue weighted by Gasteiger charge is -2.20. The van der Waals surface area contributed by atoms with E-state index < -0.39 is 43.6 Å². The lowest BCUT2D eigenvalue weighted by atomic mass is 10.1. The highest BCUT2D eigenvalue weighted by Crippen LogP contribution is 2.45. The van der Waals surface area contributed by atoms with Gasteiger partial charge < -0.3 is 24.2 Å². The summed E-state index contributed by atoms with van der Waals surface area (Å²) in [6.45, 7) is 1.13. The first-order chi connectivity index (χ1) is 18.4. The largest absolute Gasteiger partial charge is 0.459 e. The normalized spacial score (nSPS) is 13.6. The molecule has 3 rings (SSSR count). The number of rotatable bonds is 11. The molecule has 0 saturated heterocycles. The minimum absolute atomic E-state index is 0.000496. The first-order valence-electron chi connectivity index (χ1n) is 11.8. The van der Waals surface area contributed by atoms with Crippen LogP contribution in [-0.4, -0.2) is 29.2 Å². The Balaban J connectivity index is 1.65. The monoisotopic (exact) mass is 565 g/mol. The summed E-state index contributed by atoms with van der Waals surface area (Å²) in [6.07, 6.45) is -6.52. The predicted octanol–water partition coefficient (Wildman–Crippen LogP) is 6.01. The van der Waals surface area contributed by atoms with Crippen LogP contribution < -0.4 is 9.84 Å². The van der Waals surface area contributed by atoms with Gasteiger partial charge in [-0.25, -0.2) is 14.2 Å². The van der Waals surface area contributed by atoms with Crippen molar-refractivity contribution in [3.05, 3.63) is 101 Å². The van der Waals surface area contributed by atoms with E-state index in [9.17, 15) is 32.2 Å². The van der Waals surface area contributed by atoms with Crippen molar-refractivity contribution in [2.24, 2.45) is 0 Å². The fourth-order valence-electron chi connectivity index (χ4n) is 3.40. The number of hydrogen-bond donors (Lipinski definition) is 2. The van der Waals surface area contributed by atoms with Gasteiger partial charge in [0.25, 0.3) is 0 Å². The molecule has 0 heterocycles. The highest BCUT2D eigenvalue weighted by molar-refractivity contribution is 7.53. The van der Waals surface area contributed by atoms with Crippen LogP contribution in [0.2, 0.25) is 0 Å². The molecule has 0 aliphatic heterocycles. The molecule has 0 aromatic heterocycles. The Bertz CT molecular complexity index is 1300. The summed E-state index contributed by atoms with van der Waals surface area (Å²) in [7, 11) is -4.46. The number of carbonyl (C=O) groups is 2. The van der Waals surface area contributed by atoms with Crippen LogP contribution in [0.4, 0.5) is 18.0 Å². The van der Waals surface area contributed by atoms with E-state index in [0.717, 1.165) is 18.2 Å². The Morgan fingerprint density at radius 2 is 1.49 bits per heavy atom. The van der Waals surface area contributed by atoms with Crippen LogP contribution in [0.15, 0.2) is 78.9 Å². The number of carbonyl (C=O) groups excluding carboxylic acids is 2. The van der Waals surface area contributed by atoms with E-state index in [1.54, 1.807) is 60.7 Å². The summed E-state index contributed by atoms with van der Waals surface area (Å²) in [6, 6.07) is 18.7. The third-order valence-corrected chi connectivity index (χ3v) is 6.76. The highest BCUT2D eigenvalue weighted by Gasteiger charge is 2.32. The molecule has 0 fully saturated rings. The number of nitrogens with one attached hydrogen (secondary N) is 1. The minimum Gasteiger partial charge on any atom is -0.459 e. The summed E-state index contributed by atoms with van der Waals surface area (Å²) in [5.41, 5.74) is 0.460. The molecule has 208 valence electrons. The van der Waals surface area contributed by atoms with Crippen LogP contribution >= 0.6 is 7.60 Å². The number of amides is 1. The van der Waals surface area contributed by atoms with Gasteiger partial charge in [-0.3, -0.25) is 0 Å². The van der Waals surface area contributed by atoms with Crippen LogP contribution in [-0.2, 0) is 38.2 Å². The van der Waals surface area contributed by atoms with Crippen molar-refractivity contribution in [3.8, 4) is 5.75 Å². The fourth-order valence-corrected chi connectivity index (χ4v) is 4.59. The van der Waals surface area contributed by atoms with Gasteiger partial charge in [0.05, 0.1) is 11.7 Å². The zero-order chi connectivity index (χ0) is 28.5. The van der Waals surface area contributed by atoms with E-state index in [0.29, 0.717) is 11.1 Å². The molecule has 0 aliphatic rings. The third kappa shape index (κ3) is 9.77. The lowest BCUT2D eigenvalue weighted by Crippen LogP contribution is -2.42. The third-order valence-electron chi connectivity index (χ3n) is 5.46. The summed E-state index contributed by atoms with van der Waals surface area (Å²) in [5.74, 6) is -1.09. The van der Waals surface area contributed by atoms with E-state index in [2.05, 4.69) is 5.32 Å². The molecule has 0 radical (unpaired) electrons. The number of halogens is 3. The predicted molar refractivity (Wildman–Crippen MR) is 136 cm³/mol. The molecule has 1 amide bonds. The molecule has 2 atom stereocenters. The van der Waals surface area contributed by atoms with Crippen molar-refractivity contribution in [2.45, 2.75) is 38.8 Å². The smallest absolute Gasteiger partial charge is 0.416 e. The summed E-state index contributed by atoms with van der Waals surface area (Å²) in [5, 5.41) is 2.35. The van der Waals surface area contributed by atoms with Crippen LogP contribution in [0.5, 0.6) is 5.75 Å². The zero-order valence-electron chi connectivity index (χ0n) is 20.9. The second-order valence-corrected chi connectivity index (χ2v) is 10.5. The van der Waals surface area contributed by atoms with Crippen LogP contribution in [0.25, 0.3) is 0 Å². The molecule has 39 heavy (non-hydrogen) atoms. The maximum Gasteiger partial charge on any atom is 0.416 e. The summed E-state index contributed by atoms with van der Waals surface area (Å²) >= 11 is 0. The van der Waals surface area contributed by atoms with Crippen molar-refractivity contribution in [1.29, 1.82) is 0 Å². The maximum atomic E-state index is 12.9. The quantitative estimate of drug-likeness (QED) is 0.217. The second kappa shape index (κ2) is 13.3. The number of aryl methyl sites for hydroxylation is 1. The van der Waals surface area contributed by atoms with E-state index in [-0.39, 0.29) is 30.9 Å². The number of benzene rings is 3. The van der Waals surface area contributed by atoms with Gasteiger partial charge in [-0.05, 0) is 48.2 Å². The van der Waals surface area contributed by atoms with Crippen LogP contribution in [0.3, 0.4) is 0 Å². The van der Waals surface area contributed by atoms with Crippen LogP contribution in [0.1, 0.15) is 28.7 Å². The Morgan fingerprint density at radius 3 is 2.03 bits per heavy atom. The number of hydrogen-bond acceptors (Lipinski definition) is 6. The van der Waals surface area contributed by atoms with Gasteiger partial charge in [0.1, 0.15) is 25.0 Å². The SMILES string of the molecule is Cc1cc(C(F)(F)F)ccc1OP(=O)(O)CCC(NC(=O)OCc1ccccc1)C(=O)OCc1ccccc1. The molecule has 0 aliphatic carbocycles. The standard InChI is InChI=1S/C27H27F3NO7P/c1-19-16-22(27(28,29)30)12-13-24(19)38-39(34,35)15-14-23(25(32)36-17-20-8-4-2-5-9-20)31-26(33)37-18-21-10-6-3-7-11-21/h2-13,16,23H,14-15,17-18H2,1H3,(H,31,33)(H,34,35). The molecule has 3 aromatic rings. The minimum atomic E-state index is -4.58. The van der Waals surface area contributed by atoms with Gasteiger partial charge in [-0.1, -0.05) is 60.7 Å². The van der Waals surface area contributed by atoms with Crippen molar-refractivity contribution >= 4 is 19.7 Å². The second-order valence-electron chi connectivity index (χ2n) is 8.57.